The molecule has 94 valence electrons. The summed E-state index contributed by atoms with van der Waals surface area (Å²) in [5.74, 6) is 0.952. The number of thiazole rings is 1. The van der Waals surface area contributed by atoms with Gasteiger partial charge in [0, 0.05) is 23.7 Å². The predicted octanol–water partition coefficient (Wildman–Crippen LogP) is 2.03. The monoisotopic (exact) mass is 251 g/mol. The van der Waals surface area contributed by atoms with Crippen LogP contribution in [0.5, 0.6) is 0 Å². The summed E-state index contributed by atoms with van der Waals surface area (Å²) in [6.45, 7) is 6.74. The van der Waals surface area contributed by atoms with E-state index in [4.69, 9.17) is 0 Å². The van der Waals surface area contributed by atoms with E-state index in [2.05, 4.69) is 27.5 Å². The molecule has 1 aromatic rings. The van der Waals surface area contributed by atoms with Gasteiger partial charge in [-0.05, 0) is 45.2 Å². The van der Waals surface area contributed by atoms with E-state index in [1.165, 1.54) is 43.9 Å². The van der Waals surface area contributed by atoms with Crippen molar-refractivity contribution in [1.29, 1.82) is 0 Å². The van der Waals surface area contributed by atoms with E-state index in [9.17, 15) is 0 Å². The molecular weight excluding hydrogens is 230 g/mol. The Balaban J connectivity index is 1.60. The van der Waals surface area contributed by atoms with Crippen molar-refractivity contribution in [3.05, 3.63) is 16.1 Å². The molecule has 1 atom stereocenters. The number of hydrogen-bond donors (Lipinski definition) is 1. The van der Waals surface area contributed by atoms with Crippen LogP contribution in [0.15, 0.2) is 5.38 Å². The summed E-state index contributed by atoms with van der Waals surface area (Å²) in [5, 5.41) is 7.14. The average Bonchev–Trinajstić information content (AvgIpc) is 3.07. The number of nitrogens with one attached hydrogen (secondary N) is 1. The topological polar surface area (TPSA) is 28.2 Å². The van der Waals surface area contributed by atoms with Crippen LogP contribution in [0, 0.1) is 12.8 Å². The molecule has 1 saturated carbocycles. The Kier molecular flexibility index (Phi) is 3.45. The highest BCUT2D eigenvalue weighted by Gasteiger charge is 2.33. The molecule has 0 aromatic carbocycles. The highest BCUT2D eigenvalue weighted by Crippen LogP contribution is 2.33. The predicted molar refractivity (Wildman–Crippen MR) is 71.3 cm³/mol. The SMILES string of the molecule is Cc1csc(CN2CCCNC(C3CC3)C2)n1. The van der Waals surface area contributed by atoms with Crippen molar-refractivity contribution in [2.75, 3.05) is 19.6 Å². The first-order valence-electron chi connectivity index (χ1n) is 6.68. The lowest BCUT2D eigenvalue weighted by atomic mass is 10.2. The fraction of sp³-hybridized carbons (Fsp3) is 0.769. The van der Waals surface area contributed by atoms with E-state index in [0.29, 0.717) is 0 Å². The van der Waals surface area contributed by atoms with E-state index in [1.807, 2.05) is 0 Å². The van der Waals surface area contributed by atoms with E-state index in [0.717, 1.165) is 24.2 Å². The molecule has 0 radical (unpaired) electrons. The molecule has 0 spiro atoms. The van der Waals surface area contributed by atoms with Gasteiger partial charge in [-0.3, -0.25) is 4.90 Å². The van der Waals surface area contributed by atoms with Crippen molar-refractivity contribution < 1.29 is 0 Å². The van der Waals surface area contributed by atoms with Gasteiger partial charge in [-0.1, -0.05) is 0 Å². The second kappa shape index (κ2) is 5.04. The molecule has 1 aliphatic heterocycles. The minimum absolute atomic E-state index is 0.735. The number of rotatable bonds is 3. The zero-order chi connectivity index (χ0) is 11.7. The molecule has 0 bridgehead atoms. The van der Waals surface area contributed by atoms with Crippen molar-refractivity contribution in [2.45, 2.75) is 38.8 Å². The van der Waals surface area contributed by atoms with Gasteiger partial charge in [0.05, 0.1) is 6.54 Å². The summed E-state index contributed by atoms with van der Waals surface area (Å²) < 4.78 is 0. The summed E-state index contributed by atoms with van der Waals surface area (Å²) in [6.07, 6.45) is 4.14. The Labute approximate surface area is 107 Å². The van der Waals surface area contributed by atoms with Crippen LogP contribution in [0.25, 0.3) is 0 Å². The molecule has 3 nitrogen and oxygen atoms in total. The van der Waals surface area contributed by atoms with Crippen molar-refractivity contribution in [2.24, 2.45) is 5.92 Å². The first-order chi connectivity index (χ1) is 8.31. The van der Waals surface area contributed by atoms with Gasteiger partial charge in [0.1, 0.15) is 5.01 Å². The molecule has 1 aromatic heterocycles. The van der Waals surface area contributed by atoms with E-state index >= 15 is 0 Å². The van der Waals surface area contributed by atoms with E-state index in [-0.39, 0.29) is 0 Å². The first-order valence-corrected chi connectivity index (χ1v) is 7.56. The third kappa shape index (κ3) is 3.06. The van der Waals surface area contributed by atoms with Crippen LogP contribution >= 0.6 is 11.3 Å². The largest absolute Gasteiger partial charge is 0.312 e. The fourth-order valence-electron chi connectivity index (χ4n) is 2.65. The van der Waals surface area contributed by atoms with E-state index in [1.54, 1.807) is 11.3 Å². The minimum atomic E-state index is 0.735. The van der Waals surface area contributed by atoms with Crippen LogP contribution in [0.3, 0.4) is 0 Å². The highest BCUT2D eigenvalue weighted by atomic mass is 32.1. The van der Waals surface area contributed by atoms with Gasteiger partial charge in [-0.2, -0.15) is 0 Å². The van der Waals surface area contributed by atoms with Gasteiger partial charge in [0.15, 0.2) is 0 Å². The molecule has 3 rings (SSSR count). The first kappa shape index (κ1) is 11.6. The van der Waals surface area contributed by atoms with Gasteiger partial charge in [-0.15, -0.1) is 11.3 Å². The second-order valence-electron chi connectivity index (χ2n) is 5.37. The molecule has 17 heavy (non-hydrogen) atoms. The molecule has 1 aliphatic carbocycles. The Bertz CT molecular complexity index is 372. The maximum absolute atomic E-state index is 4.58. The smallest absolute Gasteiger partial charge is 0.107 e. The molecule has 2 fully saturated rings. The summed E-state index contributed by atoms with van der Waals surface area (Å²) >= 11 is 1.80. The standard InChI is InChI=1S/C13H21N3S/c1-10-9-17-13(15-10)8-16-6-2-5-14-12(7-16)11-3-4-11/h9,11-12,14H,2-8H2,1H3. The van der Waals surface area contributed by atoms with Crippen LogP contribution in [0.1, 0.15) is 30.0 Å². The van der Waals surface area contributed by atoms with E-state index < -0.39 is 0 Å². The summed E-state index contributed by atoms with van der Waals surface area (Å²) in [4.78, 5) is 7.16. The van der Waals surface area contributed by atoms with Crippen molar-refractivity contribution >= 4 is 11.3 Å². The normalized spacial score (nSPS) is 27.0. The molecule has 1 unspecified atom stereocenters. The number of nitrogens with zero attached hydrogens (tertiary/aromatic N) is 2. The van der Waals surface area contributed by atoms with Crippen LogP contribution in [-0.4, -0.2) is 35.6 Å². The van der Waals surface area contributed by atoms with Crippen LogP contribution in [0.2, 0.25) is 0 Å². The molecule has 2 heterocycles. The average molecular weight is 251 g/mol. The number of hydrogen-bond acceptors (Lipinski definition) is 4. The molecule has 4 heteroatoms. The quantitative estimate of drug-likeness (QED) is 0.891. The Morgan fingerprint density at radius 3 is 3.12 bits per heavy atom. The number of aryl methyl sites for hydroxylation is 1. The van der Waals surface area contributed by atoms with Crippen LogP contribution < -0.4 is 5.32 Å². The second-order valence-corrected chi connectivity index (χ2v) is 6.31. The summed E-state index contributed by atoms with van der Waals surface area (Å²) in [6, 6.07) is 0.735. The Morgan fingerprint density at radius 1 is 1.53 bits per heavy atom. The minimum Gasteiger partial charge on any atom is -0.312 e. The third-order valence-electron chi connectivity index (χ3n) is 3.73. The van der Waals surface area contributed by atoms with Gasteiger partial charge in [-0.25, -0.2) is 4.98 Å². The van der Waals surface area contributed by atoms with Crippen molar-refractivity contribution in [3.63, 3.8) is 0 Å². The van der Waals surface area contributed by atoms with Crippen LogP contribution in [-0.2, 0) is 6.54 Å². The van der Waals surface area contributed by atoms with Gasteiger partial charge >= 0.3 is 0 Å². The number of aromatic nitrogens is 1. The molecule has 1 N–H and O–H groups in total. The van der Waals surface area contributed by atoms with Gasteiger partial charge < -0.3 is 5.32 Å². The molecule has 0 amide bonds. The van der Waals surface area contributed by atoms with Crippen molar-refractivity contribution in [3.8, 4) is 0 Å². The third-order valence-corrected chi connectivity index (χ3v) is 4.68. The zero-order valence-electron chi connectivity index (χ0n) is 10.5. The summed E-state index contributed by atoms with van der Waals surface area (Å²) in [7, 11) is 0. The lowest BCUT2D eigenvalue weighted by molar-refractivity contribution is 0.250. The maximum atomic E-state index is 4.58. The molecular formula is C13H21N3S. The Morgan fingerprint density at radius 2 is 2.41 bits per heavy atom. The molecule has 1 saturated heterocycles. The fourth-order valence-corrected chi connectivity index (χ4v) is 3.46. The Hall–Kier alpha value is -0.450. The van der Waals surface area contributed by atoms with Crippen LogP contribution in [0.4, 0.5) is 0 Å². The maximum Gasteiger partial charge on any atom is 0.107 e. The lowest BCUT2D eigenvalue weighted by Gasteiger charge is -2.23. The van der Waals surface area contributed by atoms with Crippen molar-refractivity contribution in [1.82, 2.24) is 15.2 Å². The van der Waals surface area contributed by atoms with Gasteiger partial charge in [0.2, 0.25) is 0 Å². The highest BCUT2D eigenvalue weighted by molar-refractivity contribution is 7.09. The summed E-state index contributed by atoms with van der Waals surface area (Å²) in [5.41, 5.74) is 1.16. The lowest BCUT2D eigenvalue weighted by Crippen LogP contribution is -2.38. The zero-order valence-corrected chi connectivity index (χ0v) is 11.3. The van der Waals surface area contributed by atoms with Gasteiger partial charge in [0.25, 0.3) is 0 Å². The molecule has 2 aliphatic rings.